The van der Waals surface area contributed by atoms with E-state index in [2.05, 4.69) is 5.32 Å². The molecule has 0 fully saturated rings. The molecule has 11 heavy (non-hydrogen) atoms. The van der Waals surface area contributed by atoms with E-state index in [1.807, 2.05) is 14.0 Å². The number of hydrogen-bond acceptors (Lipinski definition) is 2. The van der Waals surface area contributed by atoms with Crippen LogP contribution in [-0.4, -0.2) is 11.6 Å². The fraction of sp³-hybridized carbons (Fsp3) is 0.375. The fourth-order valence-corrected chi connectivity index (χ4v) is 0.986. The van der Waals surface area contributed by atoms with E-state index in [0.29, 0.717) is 0 Å². The van der Waals surface area contributed by atoms with Crippen LogP contribution < -0.4 is 10.9 Å². The lowest BCUT2D eigenvalue weighted by atomic mass is 10.2. The van der Waals surface area contributed by atoms with Crippen molar-refractivity contribution >= 4 is 5.69 Å². The minimum absolute atomic E-state index is 0.0292. The van der Waals surface area contributed by atoms with Gasteiger partial charge in [0.2, 0.25) is 0 Å². The normalized spacial score (nSPS) is 9.73. The summed E-state index contributed by atoms with van der Waals surface area (Å²) < 4.78 is 1.55. The first-order chi connectivity index (χ1) is 5.15. The molecular formula is C8H12N2O. The molecule has 60 valence electrons. The summed E-state index contributed by atoms with van der Waals surface area (Å²) in [5.41, 5.74) is 2.00. The van der Waals surface area contributed by atoms with Gasteiger partial charge in [0.15, 0.2) is 0 Å². The van der Waals surface area contributed by atoms with E-state index < -0.39 is 0 Å². The topological polar surface area (TPSA) is 34.0 Å². The molecule has 1 aromatic heterocycles. The van der Waals surface area contributed by atoms with Crippen molar-refractivity contribution in [2.45, 2.75) is 6.92 Å². The minimum atomic E-state index is 0.0292. The van der Waals surface area contributed by atoms with Crippen LogP contribution >= 0.6 is 0 Å². The fourth-order valence-electron chi connectivity index (χ4n) is 0.986. The summed E-state index contributed by atoms with van der Waals surface area (Å²) in [6.07, 6.45) is 1.79. The molecule has 0 unspecified atom stereocenters. The maximum absolute atomic E-state index is 11.0. The van der Waals surface area contributed by atoms with E-state index in [1.165, 1.54) is 0 Å². The lowest BCUT2D eigenvalue weighted by Gasteiger charge is -2.05. The molecule has 0 aromatic carbocycles. The van der Waals surface area contributed by atoms with Gasteiger partial charge in [-0.05, 0) is 12.5 Å². The highest BCUT2D eigenvalue weighted by molar-refractivity contribution is 5.47. The number of aromatic nitrogens is 1. The lowest BCUT2D eigenvalue weighted by molar-refractivity contribution is 0.857. The third kappa shape index (κ3) is 1.42. The van der Waals surface area contributed by atoms with Crippen LogP contribution in [-0.2, 0) is 7.05 Å². The second kappa shape index (κ2) is 2.78. The van der Waals surface area contributed by atoms with Gasteiger partial charge in [0, 0.05) is 26.4 Å². The number of hydrogen-bond donors (Lipinski definition) is 1. The SMILES string of the molecule is CNc1cn(C)c(=O)cc1C. The summed E-state index contributed by atoms with van der Waals surface area (Å²) in [6.45, 7) is 1.91. The Morgan fingerprint density at radius 2 is 2.18 bits per heavy atom. The quantitative estimate of drug-likeness (QED) is 0.644. The van der Waals surface area contributed by atoms with Crippen LogP contribution in [0.3, 0.4) is 0 Å². The third-order valence-corrected chi connectivity index (χ3v) is 1.70. The summed E-state index contributed by atoms with van der Waals surface area (Å²) in [5.74, 6) is 0. The largest absolute Gasteiger partial charge is 0.387 e. The van der Waals surface area contributed by atoms with E-state index in [4.69, 9.17) is 0 Å². The van der Waals surface area contributed by atoms with Crippen LogP contribution in [0.25, 0.3) is 0 Å². The molecule has 0 amide bonds. The molecule has 0 saturated carbocycles. The van der Waals surface area contributed by atoms with Crippen molar-refractivity contribution < 1.29 is 0 Å². The Balaban J connectivity index is 3.32. The van der Waals surface area contributed by atoms with Gasteiger partial charge in [0.25, 0.3) is 5.56 Å². The van der Waals surface area contributed by atoms with E-state index in [0.717, 1.165) is 11.3 Å². The molecule has 3 nitrogen and oxygen atoms in total. The molecule has 0 aliphatic heterocycles. The van der Waals surface area contributed by atoms with Gasteiger partial charge in [0.05, 0.1) is 5.69 Å². The molecule has 0 radical (unpaired) electrons. The van der Waals surface area contributed by atoms with Crippen LogP contribution in [0.2, 0.25) is 0 Å². The highest BCUT2D eigenvalue weighted by Crippen LogP contribution is 2.08. The third-order valence-electron chi connectivity index (χ3n) is 1.70. The summed E-state index contributed by atoms with van der Waals surface area (Å²) in [4.78, 5) is 11.0. The van der Waals surface area contributed by atoms with Crippen molar-refractivity contribution in [3.05, 3.63) is 28.2 Å². The first-order valence-electron chi connectivity index (χ1n) is 3.50. The molecular weight excluding hydrogens is 140 g/mol. The monoisotopic (exact) mass is 152 g/mol. The van der Waals surface area contributed by atoms with Gasteiger partial charge in [-0.15, -0.1) is 0 Å². The van der Waals surface area contributed by atoms with E-state index >= 15 is 0 Å². The molecule has 0 aliphatic rings. The zero-order chi connectivity index (χ0) is 8.43. The second-order valence-corrected chi connectivity index (χ2v) is 2.57. The van der Waals surface area contributed by atoms with Gasteiger partial charge in [-0.2, -0.15) is 0 Å². The molecule has 0 spiro atoms. The van der Waals surface area contributed by atoms with Crippen LogP contribution in [0.5, 0.6) is 0 Å². The molecule has 1 rings (SSSR count). The summed E-state index contributed by atoms with van der Waals surface area (Å²) in [6, 6.07) is 1.62. The first-order valence-corrected chi connectivity index (χ1v) is 3.50. The molecule has 3 heteroatoms. The Morgan fingerprint density at radius 3 is 2.73 bits per heavy atom. The molecule has 0 aliphatic carbocycles. The van der Waals surface area contributed by atoms with E-state index in [9.17, 15) is 4.79 Å². The van der Waals surface area contributed by atoms with Gasteiger partial charge in [-0.1, -0.05) is 0 Å². The predicted octanol–water partition coefficient (Wildman–Crippen LogP) is 0.735. The highest BCUT2D eigenvalue weighted by atomic mass is 16.1. The van der Waals surface area contributed by atoms with Crippen LogP contribution in [0, 0.1) is 6.92 Å². The summed E-state index contributed by atoms with van der Waals surface area (Å²) in [7, 11) is 3.58. The molecule has 0 bridgehead atoms. The molecule has 0 atom stereocenters. The average Bonchev–Trinajstić information content (AvgIpc) is 1.97. The molecule has 1 aromatic rings. The van der Waals surface area contributed by atoms with E-state index in [-0.39, 0.29) is 5.56 Å². The molecule has 1 N–H and O–H groups in total. The van der Waals surface area contributed by atoms with Gasteiger partial charge in [0.1, 0.15) is 0 Å². The van der Waals surface area contributed by atoms with Gasteiger partial charge in [-0.25, -0.2) is 0 Å². The zero-order valence-electron chi connectivity index (χ0n) is 7.01. The number of anilines is 1. The Labute approximate surface area is 65.7 Å². The summed E-state index contributed by atoms with van der Waals surface area (Å²) in [5, 5.41) is 3.00. The number of nitrogens with one attached hydrogen (secondary N) is 1. The van der Waals surface area contributed by atoms with E-state index in [1.54, 1.807) is 23.9 Å². The Bertz CT molecular complexity index is 314. The smallest absolute Gasteiger partial charge is 0.250 e. The van der Waals surface area contributed by atoms with Crippen LogP contribution in [0.15, 0.2) is 17.1 Å². The van der Waals surface area contributed by atoms with Gasteiger partial charge in [-0.3, -0.25) is 4.79 Å². The van der Waals surface area contributed by atoms with Crippen molar-refractivity contribution in [1.29, 1.82) is 0 Å². The summed E-state index contributed by atoms with van der Waals surface area (Å²) >= 11 is 0. The predicted molar refractivity (Wildman–Crippen MR) is 46.0 cm³/mol. The van der Waals surface area contributed by atoms with Crippen molar-refractivity contribution in [1.82, 2.24) is 4.57 Å². The Kier molecular flexibility index (Phi) is 1.98. The maximum Gasteiger partial charge on any atom is 0.250 e. The number of aryl methyl sites for hydroxylation is 2. The molecule has 0 saturated heterocycles. The van der Waals surface area contributed by atoms with Gasteiger partial charge < -0.3 is 9.88 Å². The average molecular weight is 152 g/mol. The van der Waals surface area contributed by atoms with Crippen molar-refractivity contribution in [2.24, 2.45) is 7.05 Å². The highest BCUT2D eigenvalue weighted by Gasteiger charge is 1.97. The number of pyridine rings is 1. The molecule has 1 heterocycles. The second-order valence-electron chi connectivity index (χ2n) is 2.57. The minimum Gasteiger partial charge on any atom is -0.387 e. The first kappa shape index (κ1) is 7.85. The van der Waals surface area contributed by atoms with Crippen LogP contribution in [0.1, 0.15) is 5.56 Å². The van der Waals surface area contributed by atoms with Gasteiger partial charge >= 0.3 is 0 Å². The van der Waals surface area contributed by atoms with Crippen molar-refractivity contribution in [3.8, 4) is 0 Å². The number of nitrogens with zero attached hydrogens (tertiary/aromatic N) is 1. The van der Waals surface area contributed by atoms with Crippen molar-refractivity contribution in [3.63, 3.8) is 0 Å². The van der Waals surface area contributed by atoms with Crippen molar-refractivity contribution in [2.75, 3.05) is 12.4 Å². The Morgan fingerprint density at radius 1 is 1.55 bits per heavy atom. The maximum atomic E-state index is 11.0. The number of rotatable bonds is 1. The Hall–Kier alpha value is -1.25. The van der Waals surface area contributed by atoms with Crippen LogP contribution in [0.4, 0.5) is 5.69 Å². The zero-order valence-corrected chi connectivity index (χ0v) is 7.01. The standard InChI is InChI=1S/C8H12N2O/c1-6-4-8(11)10(3)5-7(6)9-2/h4-5,9H,1-3H3. The lowest BCUT2D eigenvalue weighted by Crippen LogP contribution is -2.16.